The van der Waals surface area contributed by atoms with Crippen molar-refractivity contribution in [1.29, 1.82) is 0 Å². The molecule has 0 aromatic rings. The van der Waals surface area contributed by atoms with Gasteiger partial charge in [0.1, 0.15) is 0 Å². The average molecular weight is 282 g/mol. The van der Waals surface area contributed by atoms with Gasteiger partial charge in [0.05, 0.1) is 0 Å². The zero-order valence-corrected chi connectivity index (χ0v) is 9.83. The molecule has 0 N–H and O–H groups in total. The third kappa shape index (κ3) is 1.21. The molecule has 11 heavy (non-hydrogen) atoms. The van der Waals surface area contributed by atoms with Gasteiger partial charge in [-0.3, -0.25) is 0 Å². The first-order valence-electron chi connectivity index (χ1n) is 4.43. The van der Waals surface area contributed by atoms with Gasteiger partial charge in [-0.05, 0) is 42.9 Å². The Morgan fingerprint density at radius 3 is 2.64 bits per heavy atom. The van der Waals surface area contributed by atoms with Gasteiger partial charge in [-0.1, -0.05) is 31.9 Å². The lowest BCUT2D eigenvalue weighted by Gasteiger charge is -2.32. The Hall–Kier alpha value is 0.960. The molecule has 2 heteroatoms. The quantitative estimate of drug-likeness (QED) is 0.679. The lowest BCUT2D eigenvalue weighted by atomic mass is 9.78. The highest BCUT2D eigenvalue weighted by Crippen LogP contribution is 2.58. The Kier molecular flexibility index (Phi) is 2.35. The number of fused-ring (bicyclic) bond motifs is 2. The summed E-state index contributed by atoms with van der Waals surface area (Å²) < 4.78 is 0. The Morgan fingerprint density at radius 2 is 2.18 bits per heavy atom. The predicted octanol–water partition coefficient (Wildman–Crippen LogP) is 3.58. The summed E-state index contributed by atoms with van der Waals surface area (Å²) >= 11 is 7.31. The summed E-state index contributed by atoms with van der Waals surface area (Å²) in [6.07, 6.45) is 5.94. The van der Waals surface area contributed by atoms with Crippen LogP contribution in [-0.2, 0) is 0 Å². The summed E-state index contributed by atoms with van der Waals surface area (Å²) in [5.41, 5.74) is 0.689. The zero-order chi connectivity index (χ0) is 7.90. The molecule has 2 saturated carbocycles. The van der Waals surface area contributed by atoms with Crippen LogP contribution in [0.3, 0.4) is 0 Å². The molecular formula is C9H14Br2. The maximum Gasteiger partial charge on any atom is 0.00910 e. The third-order valence-electron chi connectivity index (χ3n) is 3.68. The minimum atomic E-state index is 0.689. The maximum absolute atomic E-state index is 3.68. The second kappa shape index (κ2) is 3.02. The van der Waals surface area contributed by atoms with Gasteiger partial charge in [0.2, 0.25) is 0 Å². The van der Waals surface area contributed by atoms with Gasteiger partial charge in [-0.25, -0.2) is 0 Å². The summed E-state index contributed by atoms with van der Waals surface area (Å²) in [6, 6.07) is 0. The SMILES string of the molecule is BrCC1CC2CCC1(CBr)C2. The van der Waals surface area contributed by atoms with E-state index < -0.39 is 0 Å². The van der Waals surface area contributed by atoms with E-state index in [1.165, 1.54) is 36.3 Å². The molecule has 0 aromatic carbocycles. The van der Waals surface area contributed by atoms with Crippen molar-refractivity contribution in [3.63, 3.8) is 0 Å². The molecule has 3 unspecified atom stereocenters. The van der Waals surface area contributed by atoms with Crippen molar-refractivity contribution in [1.82, 2.24) is 0 Å². The molecule has 3 atom stereocenters. The van der Waals surface area contributed by atoms with Crippen LogP contribution in [0.25, 0.3) is 0 Å². The standard InChI is InChI=1S/C9H14Br2/c10-5-8-3-7-1-2-9(8,4-7)6-11/h7-8H,1-6H2. The molecule has 0 nitrogen and oxygen atoms in total. The van der Waals surface area contributed by atoms with Gasteiger partial charge in [0, 0.05) is 10.7 Å². The van der Waals surface area contributed by atoms with E-state index in [0.717, 1.165) is 11.8 Å². The number of halogens is 2. The van der Waals surface area contributed by atoms with Crippen molar-refractivity contribution in [3.05, 3.63) is 0 Å². The molecule has 0 amide bonds. The smallest absolute Gasteiger partial charge is 0.00910 e. The van der Waals surface area contributed by atoms with E-state index >= 15 is 0 Å². The first-order valence-corrected chi connectivity index (χ1v) is 6.67. The van der Waals surface area contributed by atoms with E-state index in [9.17, 15) is 0 Å². The molecule has 0 aromatic heterocycles. The normalized spacial score (nSPS) is 48.5. The molecule has 2 fully saturated rings. The van der Waals surface area contributed by atoms with Crippen LogP contribution in [-0.4, -0.2) is 10.7 Å². The highest BCUT2D eigenvalue weighted by molar-refractivity contribution is 9.09. The topological polar surface area (TPSA) is 0 Å². The van der Waals surface area contributed by atoms with Crippen LogP contribution in [0.1, 0.15) is 25.7 Å². The first-order chi connectivity index (χ1) is 5.30. The van der Waals surface area contributed by atoms with Crippen LogP contribution in [0.15, 0.2) is 0 Å². The van der Waals surface area contributed by atoms with E-state index in [-0.39, 0.29) is 0 Å². The number of hydrogen-bond donors (Lipinski definition) is 0. The Labute approximate surface area is 85.4 Å². The Bertz CT molecular complexity index is 158. The van der Waals surface area contributed by atoms with E-state index in [4.69, 9.17) is 0 Å². The van der Waals surface area contributed by atoms with Crippen molar-refractivity contribution in [2.24, 2.45) is 17.3 Å². The van der Waals surface area contributed by atoms with Crippen molar-refractivity contribution >= 4 is 31.9 Å². The van der Waals surface area contributed by atoms with E-state index in [1.807, 2.05) is 0 Å². The minimum absolute atomic E-state index is 0.689. The fourth-order valence-electron chi connectivity index (χ4n) is 2.95. The monoisotopic (exact) mass is 280 g/mol. The number of rotatable bonds is 2. The molecule has 64 valence electrons. The summed E-state index contributed by atoms with van der Waals surface area (Å²) in [7, 11) is 0. The van der Waals surface area contributed by atoms with Crippen LogP contribution in [0.4, 0.5) is 0 Å². The van der Waals surface area contributed by atoms with Gasteiger partial charge in [0.25, 0.3) is 0 Å². The summed E-state index contributed by atoms with van der Waals surface area (Å²) in [4.78, 5) is 0. The average Bonchev–Trinajstić information content (AvgIpc) is 2.60. The molecule has 0 spiro atoms. The van der Waals surface area contributed by atoms with E-state index in [2.05, 4.69) is 31.9 Å². The fourth-order valence-corrected chi connectivity index (χ4v) is 4.87. The summed E-state index contributed by atoms with van der Waals surface area (Å²) in [6.45, 7) is 0. The molecule has 0 saturated heterocycles. The molecule has 0 aliphatic heterocycles. The van der Waals surface area contributed by atoms with Gasteiger partial charge < -0.3 is 0 Å². The Morgan fingerprint density at radius 1 is 1.36 bits per heavy atom. The van der Waals surface area contributed by atoms with Crippen molar-refractivity contribution < 1.29 is 0 Å². The molecular weight excluding hydrogens is 268 g/mol. The lowest BCUT2D eigenvalue weighted by molar-refractivity contribution is 0.244. The predicted molar refractivity (Wildman–Crippen MR) is 55.5 cm³/mol. The second-order valence-corrected chi connectivity index (χ2v) is 5.40. The molecule has 0 radical (unpaired) electrons. The van der Waals surface area contributed by atoms with E-state index in [1.54, 1.807) is 0 Å². The molecule has 2 aliphatic carbocycles. The molecule has 0 heterocycles. The largest absolute Gasteiger partial charge is 0.0925 e. The Balaban J connectivity index is 2.15. The number of alkyl halides is 2. The van der Waals surface area contributed by atoms with Crippen molar-refractivity contribution in [2.45, 2.75) is 25.7 Å². The van der Waals surface area contributed by atoms with Crippen LogP contribution >= 0.6 is 31.9 Å². The van der Waals surface area contributed by atoms with Gasteiger partial charge in [-0.15, -0.1) is 0 Å². The molecule has 2 aliphatic rings. The first kappa shape index (κ1) is 8.55. The molecule has 2 bridgehead atoms. The van der Waals surface area contributed by atoms with Gasteiger partial charge >= 0.3 is 0 Å². The lowest BCUT2D eigenvalue weighted by Crippen LogP contribution is -2.27. The second-order valence-electron chi connectivity index (χ2n) is 4.19. The van der Waals surface area contributed by atoms with Crippen LogP contribution in [0.2, 0.25) is 0 Å². The zero-order valence-electron chi connectivity index (χ0n) is 6.65. The number of hydrogen-bond acceptors (Lipinski definition) is 0. The van der Waals surface area contributed by atoms with Crippen molar-refractivity contribution in [3.8, 4) is 0 Å². The van der Waals surface area contributed by atoms with Crippen LogP contribution in [0, 0.1) is 17.3 Å². The van der Waals surface area contributed by atoms with Crippen LogP contribution in [0.5, 0.6) is 0 Å². The van der Waals surface area contributed by atoms with Gasteiger partial charge in [0.15, 0.2) is 0 Å². The highest BCUT2D eigenvalue weighted by atomic mass is 79.9. The minimum Gasteiger partial charge on any atom is -0.0925 e. The summed E-state index contributed by atoms with van der Waals surface area (Å²) in [5, 5.41) is 2.45. The summed E-state index contributed by atoms with van der Waals surface area (Å²) in [5.74, 6) is 2.02. The van der Waals surface area contributed by atoms with Gasteiger partial charge in [-0.2, -0.15) is 0 Å². The third-order valence-corrected chi connectivity index (χ3v) is 5.58. The van der Waals surface area contributed by atoms with Crippen LogP contribution < -0.4 is 0 Å². The highest BCUT2D eigenvalue weighted by Gasteiger charge is 2.50. The van der Waals surface area contributed by atoms with E-state index in [0.29, 0.717) is 5.41 Å². The van der Waals surface area contributed by atoms with Crippen molar-refractivity contribution in [2.75, 3.05) is 10.7 Å². The fraction of sp³-hybridized carbons (Fsp3) is 1.00. The maximum atomic E-state index is 3.68. The molecule has 2 rings (SSSR count).